The molecule has 0 fully saturated rings. The molecule has 0 heterocycles. The van der Waals surface area contributed by atoms with E-state index >= 15 is 0 Å². The van der Waals surface area contributed by atoms with Crippen molar-refractivity contribution in [3.8, 4) is 0 Å². The Bertz CT molecular complexity index is 344. The zero-order valence-electron chi connectivity index (χ0n) is 9.03. The Hall–Kier alpha value is -0.150. The summed E-state index contributed by atoms with van der Waals surface area (Å²) in [6, 6.07) is 3.34. The molecule has 0 aliphatic rings. The van der Waals surface area contributed by atoms with Gasteiger partial charge in [-0.05, 0) is 18.6 Å². The lowest BCUT2D eigenvalue weighted by Gasteiger charge is -2.09. The molecule has 0 spiro atoms. The summed E-state index contributed by atoms with van der Waals surface area (Å²) >= 11 is 17.7. The number of anilines is 1. The first-order valence-corrected chi connectivity index (χ1v) is 6.24. The molecule has 90 valence electrons. The minimum Gasteiger partial charge on any atom is -0.381 e. The van der Waals surface area contributed by atoms with Crippen LogP contribution in [0.2, 0.25) is 15.1 Å². The Balaban J connectivity index is 2.45. The molecular weight excluding hydrogens is 268 g/mol. The number of benzene rings is 1. The zero-order chi connectivity index (χ0) is 12.0. The number of hydrogen-bond acceptors (Lipinski definition) is 2. The van der Waals surface area contributed by atoms with Crippen molar-refractivity contribution in [3.63, 3.8) is 0 Å². The third-order valence-corrected chi connectivity index (χ3v) is 2.96. The van der Waals surface area contributed by atoms with Crippen molar-refractivity contribution in [1.29, 1.82) is 0 Å². The number of ether oxygens (including phenoxy) is 1. The maximum Gasteiger partial charge on any atom is 0.0653 e. The van der Waals surface area contributed by atoms with E-state index in [2.05, 4.69) is 12.2 Å². The van der Waals surface area contributed by atoms with Crippen molar-refractivity contribution in [2.75, 3.05) is 25.1 Å². The maximum atomic E-state index is 6.00. The van der Waals surface area contributed by atoms with Crippen LogP contribution in [0, 0.1) is 0 Å². The summed E-state index contributed by atoms with van der Waals surface area (Å²) in [6.07, 6.45) is 1.02. The monoisotopic (exact) mass is 281 g/mol. The van der Waals surface area contributed by atoms with E-state index in [1.807, 2.05) is 0 Å². The highest BCUT2D eigenvalue weighted by Gasteiger charge is 2.04. The molecule has 5 heteroatoms. The van der Waals surface area contributed by atoms with Crippen molar-refractivity contribution >= 4 is 40.5 Å². The fourth-order valence-corrected chi connectivity index (χ4v) is 1.78. The van der Waals surface area contributed by atoms with E-state index in [9.17, 15) is 0 Å². The normalized spacial score (nSPS) is 10.5. The van der Waals surface area contributed by atoms with Gasteiger partial charge in [0.25, 0.3) is 0 Å². The van der Waals surface area contributed by atoms with E-state index in [0.717, 1.165) is 18.7 Å². The van der Waals surface area contributed by atoms with Gasteiger partial charge in [0.05, 0.1) is 27.4 Å². The van der Waals surface area contributed by atoms with Gasteiger partial charge in [-0.2, -0.15) is 0 Å². The van der Waals surface area contributed by atoms with E-state index < -0.39 is 0 Å². The van der Waals surface area contributed by atoms with Gasteiger partial charge in [-0.3, -0.25) is 0 Å². The van der Waals surface area contributed by atoms with Crippen LogP contribution in [0.5, 0.6) is 0 Å². The molecule has 0 amide bonds. The van der Waals surface area contributed by atoms with E-state index in [-0.39, 0.29) is 0 Å². The molecule has 0 aromatic heterocycles. The summed E-state index contributed by atoms with van der Waals surface area (Å²) in [7, 11) is 0. The van der Waals surface area contributed by atoms with Crippen LogP contribution in [0.3, 0.4) is 0 Å². The van der Waals surface area contributed by atoms with Crippen molar-refractivity contribution in [2.24, 2.45) is 0 Å². The molecule has 0 radical (unpaired) electrons. The molecule has 0 saturated heterocycles. The third kappa shape index (κ3) is 4.38. The highest BCUT2D eigenvalue weighted by Crippen LogP contribution is 2.31. The quantitative estimate of drug-likeness (QED) is 0.613. The van der Waals surface area contributed by atoms with Crippen molar-refractivity contribution < 1.29 is 4.74 Å². The maximum absolute atomic E-state index is 6.00. The van der Waals surface area contributed by atoms with Gasteiger partial charge in [0.15, 0.2) is 0 Å². The number of hydrogen-bond donors (Lipinski definition) is 1. The highest BCUT2D eigenvalue weighted by atomic mass is 35.5. The first kappa shape index (κ1) is 13.9. The summed E-state index contributed by atoms with van der Waals surface area (Å²) in [5.74, 6) is 0. The molecule has 0 atom stereocenters. The minimum absolute atomic E-state index is 0.458. The van der Waals surface area contributed by atoms with Gasteiger partial charge >= 0.3 is 0 Å². The summed E-state index contributed by atoms with van der Waals surface area (Å²) < 4.78 is 5.33. The molecule has 1 rings (SSSR count). The average molecular weight is 283 g/mol. The molecule has 0 aliphatic carbocycles. The van der Waals surface area contributed by atoms with Crippen LogP contribution in [0.15, 0.2) is 12.1 Å². The first-order valence-electron chi connectivity index (χ1n) is 5.11. The fourth-order valence-electron chi connectivity index (χ4n) is 1.16. The Morgan fingerprint density at radius 3 is 2.44 bits per heavy atom. The first-order chi connectivity index (χ1) is 7.65. The van der Waals surface area contributed by atoms with Gasteiger partial charge < -0.3 is 10.1 Å². The molecule has 2 nitrogen and oxygen atoms in total. The molecule has 0 aliphatic heterocycles. The van der Waals surface area contributed by atoms with Crippen LogP contribution in [-0.2, 0) is 4.74 Å². The van der Waals surface area contributed by atoms with Crippen LogP contribution in [0.1, 0.15) is 13.3 Å². The lowest BCUT2D eigenvalue weighted by molar-refractivity contribution is 0.144. The van der Waals surface area contributed by atoms with Gasteiger partial charge in [-0.15, -0.1) is 0 Å². The van der Waals surface area contributed by atoms with Crippen molar-refractivity contribution in [1.82, 2.24) is 0 Å². The lowest BCUT2D eigenvalue weighted by atomic mass is 10.3. The van der Waals surface area contributed by atoms with Crippen molar-refractivity contribution in [2.45, 2.75) is 13.3 Å². The Labute approximate surface area is 111 Å². The number of nitrogens with one attached hydrogen (secondary N) is 1. The average Bonchev–Trinajstić information content (AvgIpc) is 2.25. The largest absolute Gasteiger partial charge is 0.381 e. The molecule has 1 aromatic carbocycles. The van der Waals surface area contributed by atoms with Crippen molar-refractivity contribution in [3.05, 3.63) is 27.2 Å². The van der Waals surface area contributed by atoms with Gasteiger partial charge in [0, 0.05) is 13.2 Å². The van der Waals surface area contributed by atoms with Gasteiger partial charge in [0.2, 0.25) is 0 Å². The van der Waals surface area contributed by atoms with Crippen LogP contribution in [0.25, 0.3) is 0 Å². The van der Waals surface area contributed by atoms with Crippen LogP contribution in [0.4, 0.5) is 5.69 Å². The van der Waals surface area contributed by atoms with E-state index in [1.165, 1.54) is 0 Å². The molecule has 0 bridgehead atoms. The Morgan fingerprint density at radius 1 is 1.06 bits per heavy atom. The van der Waals surface area contributed by atoms with Gasteiger partial charge in [0.1, 0.15) is 0 Å². The van der Waals surface area contributed by atoms with Crippen LogP contribution in [-0.4, -0.2) is 19.8 Å². The molecule has 1 N–H and O–H groups in total. The predicted molar refractivity (Wildman–Crippen MR) is 71.1 cm³/mol. The second-order valence-electron chi connectivity index (χ2n) is 3.29. The number of rotatable bonds is 6. The Kier molecular flexibility index (Phi) is 6.29. The predicted octanol–water partition coefficient (Wildman–Crippen LogP) is 4.49. The highest BCUT2D eigenvalue weighted by molar-refractivity contribution is 6.44. The van der Waals surface area contributed by atoms with E-state index in [0.29, 0.717) is 28.2 Å². The Morgan fingerprint density at radius 2 is 1.75 bits per heavy atom. The zero-order valence-corrected chi connectivity index (χ0v) is 11.3. The minimum atomic E-state index is 0.458. The van der Waals surface area contributed by atoms with Gasteiger partial charge in [-0.25, -0.2) is 0 Å². The van der Waals surface area contributed by atoms with E-state index in [4.69, 9.17) is 39.5 Å². The summed E-state index contributed by atoms with van der Waals surface area (Å²) in [6.45, 7) is 4.18. The SMILES string of the molecule is CCCOCCNc1cc(Cl)c(Cl)cc1Cl. The molecule has 1 aromatic rings. The number of halogens is 3. The standard InChI is InChI=1S/C11H14Cl3NO/c1-2-4-16-5-3-15-11-7-9(13)8(12)6-10(11)14/h6-7,15H,2-5H2,1H3. The topological polar surface area (TPSA) is 21.3 Å². The summed E-state index contributed by atoms with van der Waals surface area (Å²) in [5.41, 5.74) is 0.774. The molecule has 0 saturated carbocycles. The van der Waals surface area contributed by atoms with Crippen LogP contribution >= 0.6 is 34.8 Å². The molecule has 16 heavy (non-hydrogen) atoms. The summed E-state index contributed by atoms with van der Waals surface area (Å²) in [5, 5.41) is 4.65. The van der Waals surface area contributed by atoms with Crippen LogP contribution < -0.4 is 5.32 Å². The van der Waals surface area contributed by atoms with E-state index in [1.54, 1.807) is 12.1 Å². The molecule has 0 unspecified atom stereocenters. The fraction of sp³-hybridized carbons (Fsp3) is 0.455. The smallest absolute Gasteiger partial charge is 0.0653 e. The lowest BCUT2D eigenvalue weighted by Crippen LogP contribution is -2.10. The summed E-state index contributed by atoms with van der Waals surface area (Å²) in [4.78, 5) is 0. The molecular formula is C11H14Cl3NO. The van der Waals surface area contributed by atoms with Gasteiger partial charge in [-0.1, -0.05) is 41.7 Å². The second kappa shape index (κ2) is 7.23. The third-order valence-electron chi connectivity index (χ3n) is 1.92. The second-order valence-corrected chi connectivity index (χ2v) is 4.51.